The Bertz CT molecular complexity index is 673. The molecule has 0 fully saturated rings. The van der Waals surface area contributed by atoms with Crippen molar-refractivity contribution < 1.29 is 4.79 Å². The molecule has 0 saturated heterocycles. The van der Waals surface area contributed by atoms with Gasteiger partial charge in [-0.2, -0.15) is 0 Å². The molecule has 4 nitrogen and oxygen atoms in total. The molecule has 0 spiro atoms. The van der Waals surface area contributed by atoms with Crippen LogP contribution < -0.4 is 0 Å². The predicted octanol–water partition coefficient (Wildman–Crippen LogP) is 2.21. The Kier molecular flexibility index (Phi) is 2.19. The number of aromatic nitrogens is 3. The van der Waals surface area contributed by atoms with Gasteiger partial charge in [0.15, 0.2) is 12.1 Å². The second-order valence-electron chi connectivity index (χ2n) is 3.63. The number of carbonyl (C=O) groups is 1. The van der Waals surface area contributed by atoms with Crippen molar-refractivity contribution in [3.8, 4) is 11.5 Å². The van der Waals surface area contributed by atoms with Crippen molar-refractivity contribution in [1.29, 1.82) is 0 Å². The Balaban J connectivity index is 2.35. The average Bonchev–Trinajstić information content (AvgIpc) is 2.83. The van der Waals surface area contributed by atoms with Crippen LogP contribution >= 0.6 is 0 Å². The van der Waals surface area contributed by atoms with Crippen LogP contribution in [0.5, 0.6) is 0 Å². The Hall–Kier alpha value is -2.49. The molecule has 4 heteroatoms. The van der Waals surface area contributed by atoms with Crippen molar-refractivity contribution >= 4 is 11.8 Å². The minimum absolute atomic E-state index is 0.570. The molecule has 82 valence electrons. The highest BCUT2D eigenvalue weighted by Crippen LogP contribution is 2.18. The lowest BCUT2D eigenvalue weighted by atomic mass is 10.3. The van der Waals surface area contributed by atoms with E-state index < -0.39 is 0 Å². The van der Waals surface area contributed by atoms with Gasteiger partial charge in [0.2, 0.25) is 0 Å². The summed E-state index contributed by atoms with van der Waals surface area (Å²) in [4.78, 5) is 19.6. The zero-order valence-electron chi connectivity index (χ0n) is 8.95. The van der Waals surface area contributed by atoms with Gasteiger partial charge in [0.1, 0.15) is 5.69 Å². The maximum Gasteiger partial charge on any atom is 0.166 e. The Morgan fingerprint density at radius 1 is 1.06 bits per heavy atom. The standard InChI is InChI=1S/C13H9N3O/c17-9-11-5-3-4-10-8-15-13(16(10)11)12-6-1-2-7-14-12/h1-9H. The fourth-order valence-corrected chi connectivity index (χ4v) is 1.84. The monoisotopic (exact) mass is 223 g/mol. The van der Waals surface area contributed by atoms with Crippen molar-refractivity contribution in [2.45, 2.75) is 0 Å². The number of pyridine rings is 2. The first kappa shape index (κ1) is 9.72. The average molecular weight is 223 g/mol. The van der Waals surface area contributed by atoms with Gasteiger partial charge in [0.25, 0.3) is 0 Å². The first-order chi connectivity index (χ1) is 8.40. The van der Waals surface area contributed by atoms with Crippen LogP contribution in [0, 0.1) is 0 Å². The maximum absolute atomic E-state index is 11.0. The molecule has 0 aromatic carbocycles. The van der Waals surface area contributed by atoms with Gasteiger partial charge < -0.3 is 0 Å². The zero-order chi connectivity index (χ0) is 11.7. The van der Waals surface area contributed by atoms with E-state index in [9.17, 15) is 4.79 Å². The smallest absolute Gasteiger partial charge is 0.166 e. The van der Waals surface area contributed by atoms with Gasteiger partial charge in [-0.3, -0.25) is 14.2 Å². The summed E-state index contributed by atoms with van der Waals surface area (Å²) in [6.07, 6.45) is 4.26. The molecule has 3 heterocycles. The molecule has 0 radical (unpaired) electrons. The summed E-state index contributed by atoms with van der Waals surface area (Å²) in [5.74, 6) is 0.684. The summed E-state index contributed by atoms with van der Waals surface area (Å²) in [7, 11) is 0. The van der Waals surface area contributed by atoms with Gasteiger partial charge >= 0.3 is 0 Å². The van der Waals surface area contributed by atoms with E-state index >= 15 is 0 Å². The van der Waals surface area contributed by atoms with E-state index in [1.165, 1.54) is 0 Å². The van der Waals surface area contributed by atoms with Crippen molar-refractivity contribution in [3.05, 3.63) is 54.5 Å². The van der Waals surface area contributed by atoms with Gasteiger partial charge in [-0.1, -0.05) is 12.1 Å². The third kappa shape index (κ3) is 1.50. The fraction of sp³-hybridized carbons (Fsp3) is 0. The van der Waals surface area contributed by atoms with E-state index in [0.717, 1.165) is 17.5 Å². The first-order valence-electron chi connectivity index (χ1n) is 5.23. The van der Waals surface area contributed by atoms with Crippen LogP contribution in [-0.4, -0.2) is 20.7 Å². The molecule has 0 bridgehead atoms. The summed E-state index contributed by atoms with van der Waals surface area (Å²) in [6, 6.07) is 11.1. The van der Waals surface area contributed by atoms with Gasteiger partial charge in [0.05, 0.1) is 17.4 Å². The summed E-state index contributed by atoms with van der Waals surface area (Å²) in [5.41, 5.74) is 2.21. The van der Waals surface area contributed by atoms with Crippen LogP contribution in [0.4, 0.5) is 0 Å². The summed E-state index contributed by atoms with van der Waals surface area (Å²) < 4.78 is 1.80. The third-order valence-corrected chi connectivity index (χ3v) is 2.60. The van der Waals surface area contributed by atoms with E-state index in [4.69, 9.17) is 0 Å². The van der Waals surface area contributed by atoms with Crippen LogP contribution in [0.2, 0.25) is 0 Å². The maximum atomic E-state index is 11.0. The zero-order valence-corrected chi connectivity index (χ0v) is 8.95. The van der Waals surface area contributed by atoms with Gasteiger partial charge in [-0.05, 0) is 24.3 Å². The second-order valence-corrected chi connectivity index (χ2v) is 3.63. The molecule has 0 amide bonds. The quantitative estimate of drug-likeness (QED) is 0.626. The molecule has 0 saturated carbocycles. The number of rotatable bonds is 2. The Morgan fingerprint density at radius 2 is 2.00 bits per heavy atom. The highest BCUT2D eigenvalue weighted by Gasteiger charge is 2.09. The molecule has 0 N–H and O–H groups in total. The normalized spacial score (nSPS) is 10.6. The Labute approximate surface area is 97.6 Å². The predicted molar refractivity (Wildman–Crippen MR) is 63.8 cm³/mol. The summed E-state index contributed by atoms with van der Waals surface area (Å²) >= 11 is 0. The summed E-state index contributed by atoms with van der Waals surface area (Å²) in [5, 5.41) is 0. The SMILES string of the molecule is O=Cc1cccc2cnc(-c3ccccn3)n12. The number of aldehydes is 1. The molecule has 0 atom stereocenters. The van der Waals surface area contributed by atoms with Gasteiger partial charge in [-0.15, -0.1) is 0 Å². The highest BCUT2D eigenvalue weighted by molar-refractivity contribution is 5.76. The van der Waals surface area contributed by atoms with Crippen LogP contribution in [0.25, 0.3) is 17.0 Å². The van der Waals surface area contributed by atoms with Crippen molar-refractivity contribution in [3.63, 3.8) is 0 Å². The molecule has 3 aromatic rings. The Morgan fingerprint density at radius 3 is 2.76 bits per heavy atom. The molecule has 17 heavy (non-hydrogen) atoms. The molecule has 0 aliphatic heterocycles. The topological polar surface area (TPSA) is 47.3 Å². The number of hydrogen-bond acceptors (Lipinski definition) is 3. The lowest BCUT2D eigenvalue weighted by molar-refractivity contribution is 0.111. The lowest BCUT2D eigenvalue weighted by Gasteiger charge is -2.03. The summed E-state index contributed by atoms with van der Waals surface area (Å²) in [6.45, 7) is 0. The fourth-order valence-electron chi connectivity index (χ4n) is 1.84. The van der Waals surface area contributed by atoms with Gasteiger partial charge in [-0.25, -0.2) is 4.98 Å². The van der Waals surface area contributed by atoms with Crippen LogP contribution in [0.3, 0.4) is 0 Å². The van der Waals surface area contributed by atoms with Crippen LogP contribution in [-0.2, 0) is 0 Å². The minimum Gasteiger partial charge on any atom is -0.296 e. The lowest BCUT2D eigenvalue weighted by Crippen LogP contribution is -1.98. The highest BCUT2D eigenvalue weighted by atomic mass is 16.1. The van der Waals surface area contributed by atoms with E-state index in [2.05, 4.69) is 9.97 Å². The van der Waals surface area contributed by atoms with E-state index in [0.29, 0.717) is 11.5 Å². The van der Waals surface area contributed by atoms with Crippen molar-refractivity contribution in [2.24, 2.45) is 0 Å². The van der Waals surface area contributed by atoms with Crippen molar-refractivity contribution in [1.82, 2.24) is 14.4 Å². The molecular weight excluding hydrogens is 214 g/mol. The van der Waals surface area contributed by atoms with E-state index in [-0.39, 0.29) is 0 Å². The number of hydrogen-bond donors (Lipinski definition) is 0. The number of imidazole rings is 1. The van der Waals surface area contributed by atoms with E-state index in [1.807, 2.05) is 30.3 Å². The van der Waals surface area contributed by atoms with Crippen LogP contribution in [0.15, 0.2) is 48.8 Å². The van der Waals surface area contributed by atoms with Crippen LogP contribution in [0.1, 0.15) is 10.5 Å². The number of nitrogens with zero attached hydrogens (tertiary/aromatic N) is 3. The number of carbonyl (C=O) groups excluding carboxylic acids is 1. The minimum atomic E-state index is 0.570. The molecule has 0 aliphatic carbocycles. The second kappa shape index (κ2) is 3.83. The first-order valence-corrected chi connectivity index (χ1v) is 5.23. The molecule has 3 aromatic heterocycles. The van der Waals surface area contributed by atoms with Gasteiger partial charge in [0, 0.05) is 6.20 Å². The molecular formula is C13H9N3O. The molecule has 0 aliphatic rings. The molecule has 0 unspecified atom stereocenters. The number of fused-ring (bicyclic) bond motifs is 1. The van der Waals surface area contributed by atoms with Crippen molar-refractivity contribution in [2.75, 3.05) is 0 Å². The van der Waals surface area contributed by atoms with E-state index in [1.54, 1.807) is 22.9 Å². The molecule has 3 rings (SSSR count). The largest absolute Gasteiger partial charge is 0.296 e. The third-order valence-electron chi connectivity index (χ3n) is 2.60.